The second-order valence-corrected chi connectivity index (χ2v) is 3.43. The van der Waals surface area contributed by atoms with Crippen molar-refractivity contribution in [3.05, 3.63) is 30.1 Å². The monoisotopic (exact) mass is 209 g/mol. The van der Waals surface area contributed by atoms with E-state index in [1.54, 1.807) is 0 Å². The first-order valence-corrected chi connectivity index (χ1v) is 4.97. The second-order valence-electron chi connectivity index (χ2n) is 3.05. The molecule has 1 aromatic heterocycles. The Morgan fingerprint density at radius 3 is 2.93 bits per heavy atom. The summed E-state index contributed by atoms with van der Waals surface area (Å²) in [4.78, 5) is 6.25. The van der Waals surface area contributed by atoms with Crippen molar-refractivity contribution < 1.29 is 0 Å². The highest BCUT2D eigenvalue weighted by Gasteiger charge is 2.01. The number of pyridine rings is 1. The van der Waals surface area contributed by atoms with Gasteiger partial charge in [0.15, 0.2) is 5.11 Å². The number of aromatic nitrogens is 1. The van der Waals surface area contributed by atoms with Crippen molar-refractivity contribution in [1.29, 1.82) is 0 Å². The summed E-state index contributed by atoms with van der Waals surface area (Å²) in [5.74, 6) is 0. The average Bonchev–Trinajstić information content (AvgIpc) is 2.26. The number of nitrogens with zero attached hydrogens (tertiary/aromatic N) is 2. The Bertz CT molecular complexity index is 287. The van der Waals surface area contributed by atoms with Gasteiger partial charge in [-0.3, -0.25) is 4.98 Å². The molecule has 1 aromatic rings. The zero-order valence-electron chi connectivity index (χ0n) is 8.53. The van der Waals surface area contributed by atoms with Crippen molar-refractivity contribution in [1.82, 2.24) is 15.2 Å². The first-order chi connectivity index (χ1) is 6.74. The van der Waals surface area contributed by atoms with Crippen LogP contribution in [0, 0.1) is 0 Å². The molecule has 0 aliphatic rings. The predicted molar refractivity (Wildman–Crippen MR) is 62.2 cm³/mol. The number of rotatable bonds is 3. The molecule has 0 unspecified atom stereocenters. The molecule has 0 saturated carbocycles. The third-order valence-electron chi connectivity index (χ3n) is 1.99. The standard InChI is InChI=1S/C10H15N3S/c1-11-10(14)13(2)8-6-9-5-3-4-7-12-9/h3-5,7H,6,8H2,1-2H3,(H,11,14). The first-order valence-electron chi connectivity index (χ1n) is 4.57. The topological polar surface area (TPSA) is 28.2 Å². The van der Waals surface area contributed by atoms with E-state index in [0.717, 1.165) is 23.8 Å². The average molecular weight is 209 g/mol. The van der Waals surface area contributed by atoms with Crippen LogP contribution in [0.5, 0.6) is 0 Å². The van der Waals surface area contributed by atoms with Gasteiger partial charge in [-0.25, -0.2) is 0 Å². The molecule has 0 bridgehead atoms. The number of hydrogen-bond acceptors (Lipinski definition) is 2. The Morgan fingerprint density at radius 2 is 2.36 bits per heavy atom. The molecule has 0 atom stereocenters. The van der Waals surface area contributed by atoms with E-state index in [2.05, 4.69) is 10.3 Å². The molecule has 4 heteroatoms. The quantitative estimate of drug-likeness (QED) is 0.754. The smallest absolute Gasteiger partial charge is 0.168 e. The Morgan fingerprint density at radius 1 is 1.57 bits per heavy atom. The lowest BCUT2D eigenvalue weighted by molar-refractivity contribution is 0.499. The van der Waals surface area contributed by atoms with Gasteiger partial charge in [0.25, 0.3) is 0 Å². The molecule has 3 nitrogen and oxygen atoms in total. The van der Waals surface area contributed by atoms with Gasteiger partial charge in [-0.05, 0) is 24.4 Å². The molecule has 0 radical (unpaired) electrons. The minimum atomic E-state index is 0.765. The molecule has 1 rings (SSSR count). The first kappa shape index (κ1) is 10.9. The van der Waals surface area contributed by atoms with Crippen LogP contribution in [0.1, 0.15) is 5.69 Å². The molecular formula is C10H15N3S. The van der Waals surface area contributed by atoms with Crippen LogP contribution in [0.2, 0.25) is 0 Å². The minimum absolute atomic E-state index is 0.765. The molecule has 1 heterocycles. The highest BCUT2D eigenvalue weighted by molar-refractivity contribution is 7.80. The van der Waals surface area contributed by atoms with Gasteiger partial charge < -0.3 is 10.2 Å². The fourth-order valence-electron chi connectivity index (χ4n) is 1.12. The summed E-state index contributed by atoms with van der Waals surface area (Å²) < 4.78 is 0. The maximum atomic E-state index is 5.09. The third kappa shape index (κ3) is 3.30. The number of likely N-dealkylation sites (N-methyl/N-ethyl adjacent to an activating group) is 1. The zero-order valence-corrected chi connectivity index (χ0v) is 9.34. The Hall–Kier alpha value is -1.16. The van der Waals surface area contributed by atoms with E-state index in [1.165, 1.54) is 0 Å². The lowest BCUT2D eigenvalue weighted by Gasteiger charge is -2.18. The van der Waals surface area contributed by atoms with E-state index in [4.69, 9.17) is 12.2 Å². The van der Waals surface area contributed by atoms with Crippen LogP contribution in [0.3, 0.4) is 0 Å². The molecule has 0 amide bonds. The maximum absolute atomic E-state index is 5.09. The largest absolute Gasteiger partial charge is 0.366 e. The molecule has 1 N–H and O–H groups in total. The lowest BCUT2D eigenvalue weighted by Crippen LogP contribution is -2.35. The van der Waals surface area contributed by atoms with Crippen molar-refractivity contribution in [3.8, 4) is 0 Å². The van der Waals surface area contributed by atoms with Crippen molar-refractivity contribution in [2.75, 3.05) is 20.6 Å². The van der Waals surface area contributed by atoms with E-state index in [1.807, 2.05) is 43.4 Å². The molecule has 14 heavy (non-hydrogen) atoms. The van der Waals surface area contributed by atoms with Gasteiger partial charge >= 0.3 is 0 Å². The number of nitrogens with one attached hydrogen (secondary N) is 1. The Kier molecular flexibility index (Phi) is 4.32. The summed E-state index contributed by atoms with van der Waals surface area (Å²) in [6.45, 7) is 0.886. The fourth-order valence-corrected chi connectivity index (χ4v) is 1.21. The third-order valence-corrected chi connectivity index (χ3v) is 2.51. The van der Waals surface area contributed by atoms with Crippen LogP contribution in [-0.4, -0.2) is 35.6 Å². The van der Waals surface area contributed by atoms with E-state index in [0.29, 0.717) is 0 Å². The molecule has 0 spiro atoms. The predicted octanol–water partition coefficient (Wildman–Crippen LogP) is 1.06. The van der Waals surface area contributed by atoms with Gasteiger partial charge in [-0.1, -0.05) is 6.07 Å². The van der Waals surface area contributed by atoms with Gasteiger partial charge in [-0.15, -0.1) is 0 Å². The van der Waals surface area contributed by atoms with Crippen molar-refractivity contribution in [3.63, 3.8) is 0 Å². The maximum Gasteiger partial charge on any atom is 0.168 e. The van der Waals surface area contributed by atoms with Gasteiger partial charge in [0, 0.05) is 39.0 Å². The molecule has 0 saturated heterocycles. The molecule has 0 fully saturated rings. The summed E-state index contributed by atoms with van der Waals surface area (Å²) in [5, 5.41) is 3.70. The highest BCUT2D eigenvalue weighted by Crippen LogP contribution is 1.96. The summed E-state index contributed by atoms with van der Waals surface area (Å²) in [6.07, 6.45) is 2.73. The van der Waals surface area contributed by atoms with E-state index in [-0.39, 0.29) is 0 Å². The van der Waals surface area contributed by atoms with Crippen LogP contribution >= 0.6 is 12.2 Å². The van der Waals surface area contributed by atoms with Gasteiger partial charge in [-0.2, -0.15) is 0 Å². The van der Waals surface area contributed by atoms with Gasteiger partial charge in [0.05, 0.1) is 0 Å². The normalized spacial score (nSPS) is 9.57. The van der Waals surface area contributed by atoms with Gasteiger partial charge in [0.1, 0.15) is 0 Å². The molecule has 0 aliphatic carbocycles. The molecule has 0 aromatic carbocycles. The zero-order chi connectivity index (χ0) is 10.4. The van der Waals surface area contributed by atoms with Crippen LogP contribution < -0.4 is 5.32 Å². The SMILES string of the molecule is CNC(=S)N(C)CCc1ccccn1. The van der Waals surface area contributed by atoms with Crippen molar-refractivity contribution in [2.24, 2.45) is 0 Å². The summed E-state index contributed by atoms with van der Waals surface area (Å²) in [7, 11) is 3.81. The van der Waals surface area contributed by atoms with Crippen LogP contribution in [0.25, 0.3) is 0 Å². The number of thiocarbonyl (C=S) groups is 1. The molecule has 76 valence electrons. The summed E-state index contributed by atoms with van der Waals surface area (Å²) >= 11 is 5.09. The Labute approximate surface area is 90.1 Å². The highest BCUT2D eigenvalue weighted by atomic mass is 32.1. The van der Waals surface area contributed by atoms with E-state index < -0.39 is 0 Å². The second kappa shape index (κ2) is 5.54. The van der Waals surface area contributed by atoms with Gasteiger partial charge in [0.2, 0.25) is 0 Å². The van der Waals surface area contributed by atoms with Crippen molar-refractivity contribution >= 4 is 17.3 Å². The summed E-state index contributed by atoms with van der Waals surface area (Å²) in [5.41, 5.74) is 1.10. The van der Waals surface area contributed by atoms with Crippen LogP contribution in [0.4, 0.5) is 0 Å². The van der Waals surface area contributed by atoms with Crippen LogP contribution in [-0.2, 0) is 6.42 Å². The van der Waals surface area contributed by atoms with Crippen molar-refractivity contribution in [2.45, 2.75) is 6.42 Å². The van der Waals surface area contributed by atoms with E-state index >= 15 is 0 Å². The minimum Gasteiger partial charge on any atom is -0.366 e. The van der Waals surface area contributed by atoms with E-state index in [9.17, 15) is 0 Å². The van der Waals surface area contributed by atoms with Crippen LogP contribution in [0.15, 0.2) is 24.4 Å². The molecule has 0 aliphatic heterocycles. The summed E-state index contributed by atoms with van der Waals surface area (Å²) in [6, 6.07) is 5.94. The number of hydrogen-bond donors (Lipinski definition) is 1. The molecular weight excluding hydrogens is 194 g/mol. The Balaban J connectivity index is 2.38. The lowest BCUT2D eigenvalue weighted by atomic mass is 10.2. The fraction of sp³-hybridized carbons (Fsp3) is 0.400.